The van der Waals surface area contributed by atoms with Gasteiger partial charge in [-0.05, 0) is 43.5 Å². The first-order valence-corrected chi connectivity index (χ1v) is 6.94. The van der Waals surface area contributed by atoms with Crippen LogP contribution in [0.25, 0.3) is 0 Å². The molecule has 1 aromatic carbocycles. The van der Waals surface area contributed by atoms with Crippen LogP contribution in [0.5, 0.6) is 0 Å². The Morgan fingerprint density at radius 3 is 3.17 bits per heavy atom. The monoisotopic (exact) mass is 264 g/mol. The summed E-state index contributed by atoms with van der Waals surface area (Å²) in [5.74, 6) is 0.218. The number of benzene rings is 1. The maximum Gasteiger partial charge on any atom is 0.228 e. The standard InChI is InChI=1S/C14H17ClN2O/c15-11-4-3-10-5-7-17(13(10)8-11)14(18)9-12-2-1-6-16-12/h3-4,8,12,16H,1-2,5-7,9H2. The van der Waals surface area contributed by atoms with Gasteiger partial charge in [0.1, 0.15) is 0 Å². The van der Waals surface area contributed by atoms with E-state index in [1.54, 1.807) is 0 Å². The molecule has 1 saturated heterocycles. The molecule has 4 heteroatoms. The number of halogens is 1. The number of carbonyl (C=O) groups is 1. The predicted molar refractivity (Wildman–Crippen MR) is 73.2 cm³/mol. The quantitative estimate of drug-likeness (QED) is 0.890. The first-order chi connectivity index (χ1) is 8.74. The Labute approximate surface area is 112 Å². The summed E-state index contributed by atoms with van der Waals surface area (Å²) in [5.41, 5.74) is 2.23. The van der Waals surface area contributed by atoms with Gasteiger partial charge in [0, 0.05) is 29.7 Å². The van der Waals surface area contributed by atoms with Crippen LogP contribution < -0.4 is 10.2 Å². The fraction of sp³-hybridized carbons (Fsp3) is 0.500. The van der Waals surface area contributed by atoms with Crippen molar-refractivity contribution in [3.63, 3.8) is 0 Å². The average Bonchev–Trinajstić information content (AvgIpc) is 2.97. The lowest BCUT2D eigenvalue weighted by Gasteiger charge is -2.19. The molecule has 2 heterocycles. The molecular weight excluding hydrogens is 248 g/mol. The topological polar surface area (TPSA) is 32.3 Å². The minimum Gasteiger partial charge on any atom is -0.313 e. The summed E-state index contributed by atoms with van der Waals surface area (Å²) in [6.45, 7) is 1.83. The lowest BCUT2D eigenvalue weighted by Crippen LogP contribution is -2.34. The molecule has 1 fully saturated rings. The molecule has 18 heavy (non-hydrogen) atoms. The fourth-order valence-corrected chi connectivity index (χ4v) is 3.03. The summed E-state index contributed by atoms with van der Waals surface area (Å²) in [5, 5.41) is 4.07. The van der Waals surface area contributed by atoms with E-state index in [1.807, 2.05) is 23.1 Å². The maximum atomic E-state index is 12.3. The van der Waals surface area contributed by atoms with Crippen LogP contribution in [0.3, 0.4) is 0 Å². The Kier molecular flexibility index (Phi) is 3.27. The van der Waals surface area contributed by atoms with Crippen molar-refractivity contribution in [2.75, 3.05) is 18.0 Å². The van der Waals surface area contributed by atoms with Crippen LogP contribution in [0.4, 0.5) is 5.69 Å². The maximum absolute atomic E-state index is 12.3. The Hall–Kier alpha value is -1.06. The number of carbonyl (C=O) groups excluding carboxylic acids is 1. The molecule has 0 aliphatic carbocycles. The third kappa shape index (κ3) is 2.25. The zero-order valence-corrected chi connectivity index (χ0v) is 11.0. The lowest BCUT2D eigenvalue weighted by molar-refractivity contribution is -0.118. The van der Waals surface area contributed by atoms with Crippen molar-refractivity contribution in [2.45, 2.75) is 31.7 Å². The molecule has 3 rings (SSSR count). The minimum atomic E-state index is 0.218. The summed E-state index contributed by atoms with van der Waals surface area (Å²) in [4.78, 5) is 14.2. The predicted octanol–water partition coefficient (Wildman–Crippen LogP) is 2.37. The second-order valence-electron chi connectivity index (χ2n) is 5.07. The molecule has 0 spiro atoms. The molecule has 1 aromatic rings. The molecule has 0 saturated carbocycles. The molecule has 0 radical (unpaired) electrons. The van der Waals surface area contributed by atoms with E-state index >= 15 is 0 Å². The highest BCUT2D eigenvalue weighted by molar-refractivity contribution is 6.31. The highest BCUT2D eigenvalue weighted by atomic mass is 35.5. The highest BCUT2D eigenvalue weighted by Gasteiger charge is 2.27. The first-order valence-electron chi connectivity index (χ1n) is 6.56. The highest BCUT2D eigenvalue weighted by Crippen LogP contribution is 2.31. The lowest BCUT2D eigenvalue weighted by atomic mass is 10.1. The van der Waals surface area contributed by atoms with Gasteiger partial charge in [-0.25, -0.2) is 0 Å². The number of fused-ring (bicyclic) bond motifs is 1. The van der Waals surface area contributed by atoms with E-state index in [9.17, 15) is 4.79 Å². The van der Waals surface area contributed by atoms with Crippen molar-refractivity contribution in [1.29, 1.82) is 0 Å². The number of hydrogen-bond donors (Lipinski definition) is 1. The van der Waals surface area contributed by atoms with E-state index in [2.05, 4.69) is 5.32 Å². The SMILES string of the molecule is O=C(CC1CCCN1)N1CCc2ccc(Cl)cc21. The number of anilines is 1. The van der Waals surface area contributed by atoms with Gasteiger partial charge < -0.3 is 10.2 Å². The van der Waals surface area contributed by atoms with Gasteiger partial charge in [0.05, 0.1) is 0 Å². The molecular formula is C14H17ClN2O. The number of amides is 1. The van der Waals surface area contributed by atoms with Crippen LogP contribution in [-0.4, -0.2) is 25.0 Å². The van der Waals surface area contributed by atoms with Gasteiger partial charge in [-0.15, -0.1) is 0 Å². The Bertz CT molecular complexity index is 469. The zero-order chi connectivity index (χ0) is 12.5. The van der Waals surface area contributed by atoms with E-state index < -0.39 is 0 Å². The van der Waals surface area contributed by atoms with Gasteiger partial charge in [0.25, 0.3) is 0 Å². The van der Waals surface area contributed by atoms with Gasteiger partial charge in [-0.3, -0.25) is 4.79 Å². The van der Waals surface area contributed by atoms with Crippen LogP contribution in [0, 0.1) is 0 Å². The van der Waals surface area contributed by atoms with E-state index in [4.69, 9.17) is 11.6 Å². The summed E-state index contributed by atoms with van der Waals surface area (Å²) in [6.07, 6.45) is 3.84. The second-order valence-corrected chi connectivity index (χ2v) is 5.50. The van der Waals surface area contributed by atoms with Crippen molar-refractivity contribution >= 4 is 23.2 Å². The molecule has 0 bridgehead atoms. The third-order valence-corrected chi connectivity index (χ3v) is 4.06. The van der Waals surface area contributed by atoms with Crippen LogP contribution in [-0.2, 0) is 11.2 Å². The zero-order valence-electron chi connectivity index (χ0n) is 10.3. The first kappa shape index (κ1) is 12.0. The Morgan fingerprint density at radius 1 is 1.50 bits per heavy atom. The summed E-state index contributed by atoms with van der Waals surface area (Å²) in [6, 6.07) is 6.19. The van der Waals surface area contributed by atoms with Gasteiger partial charge in [-0.1, -0.05) is 17.7 Å². The van der Waals surface area contributed by atoms with E-state index in [0.29, 0.717) is 17.5 Å². The van der Waals surface area contributed by atoms with E-state index in [0.717, 1.165) is 31.6 Å². The molecule has 96 valence electrons. The summed E-state index contributed by atoms with van der Waals surface area (Å²) in [7, 11) is 0. The molecule has 1 unspecified atom stereocenters. The average molecular weight is 265 g/mol. The second kappa shape index (κ2) is 4.90. The van der Waals surface area contributed by atoms with Crippen molar-refractivity contribution in [2.24, 2.45) is 0 Å². The van der Waals surface area contributed by atoms with Gasteiger partial charge in [-0.2, -0.15) is 0 Å². The molecule has 1 atom stereocenters. The van der Waals surface area contributed by atoms with Crippen LogP contribution in [0.1, 0.15) is 24.8 Å². The number of nitrogens with one attached hydrogen (secondary N) is 1. The molecule has 1 amide bonds. The smallest absolute Gasteiger partial charge is 0.228 e. The number of hydrogen-bond acceptors (Lipinski definition) is 2. The van der Waals surface area contributed by atoms with Crippen molar-refractivity contribution < 1.29 is 4.79 Å². The fourth-order valence-electron chi connectivity index (χ4n) is 2.86. The molecule has 0 aromatic heterocycles. The number of rotatable bonds is 2. The van der Waals surface area contributed by atoms with Gasteiger partial charge >= 0.3 is 0 Å². The van der Waals surface area contributed by atoms with Crippen molar-refractivity contribution in [3.8, 4) is 0 Å². The van der Waals surface area contributed by atoms with Crippen molar-refractivity contribution in [3.05, 3.63) is 28.8 Å². The van der Waals surface area contributed by atoms with Gasteiger partial charge in [0.15, 0.2) is 0 Å². The summed E-state index contributed by atoms with van der Waals surface area (Å²) >= 11 is 6.01. The molecule has 2 aliphatic heterocycles. The summed E-state index contributed by atoms with van der Waals surface area (Å²) < 4.78 is 0. The van der Waals surface area contributed by atoms with Crippen molar-refractivity contribution in [1.82, 2.24) is 5.32 Å². The van der Waals surface area contributed by atoms with E-state index in [1.165, 1.54) is 12.0 Å². The van der Waals surface area contributed by atoms with Crippen LogP contribution in [0.15, 0.2) is 18.2 Å². The minimum absolute atomic E-state index is 0.218. The Balaban J connectivity index is 1.74. The molecule has 3 nitrogen and oxygen atoms in total. The molecule has 2 aliphatic rings. The third-order valence-electron chi connectivity index (χ3n) is 3.83. The van der Waals surface area contributed by atoms with Gasteiger partial charge in [0.2, 0.25) is 5.91 Å². The number of nitrogens with zero attached hydrogens (tertiary/aromatic N) is 1. The molecule has 1 N–H and O–H groups in total. The normalized spacial score (nSPS) is 22.3. The largest absolute Gasteiger partial charge is 0.313 e. The van der Waals surface area contributed by atoms with Crippen LogP contribution >= 0.6 is 11.6 Å². The Morgan fingerprint density at radius 2 is 2.39 bits per heavy atom. The van der Waals surface area contributed by atoms with Crippen LogP contribution in [0.2, 0.25) is 5.02 Å². The van der Waals surface area contributed by atoms with E-state index in [-0.39, 0.29) is 5.91 Å².